The number of nitrogens with zero attached hydrogens (tertiary/aromatic N) is 2. The van der Waals surface area contributed by atoms with Crippen LogP contribution in [-0.2, 0) is 10.4 Å². The van der Waals surface area contributed by atoms with Crippen molar-refractivity contribution in [3.05, 3.63) is 64.2 Å². The van der Waals surface area contributed by atoms with Gasteiger partial charge in [0.25, 0.3) is 5.91 Å². The van der Waals surface area contributed by atoms with Gasteiger partial charge < -0.3 is 15.7 Å². The number of carbonyl (C=O) groups excluding carboxylic acids is 2. The number of primary amides is 1. The molecule has 0 bridgehead atoms. The number of anilines is 1. The zero-order valence-corrected chi connectivity index (χ0v) is 21.1. The Hall–Kier alpha value is -2.84. The molecule has 8 heteroatoms. The lowest BCUT2D eigenvalue weighted by atomic mass is 9.78. The summed E-state index contributed by atoms with van der Waals surface area (Å²) in [5.41, 5.74) is 3.26. The molecule has 37 heavy (non-hydrogen) atoms. The number of benzene rings is 2. The Labute approximate surface area is 215 Å². The number of amides is 2. The fraction of sp³-hybridized carbons (Fsp3) is 0.517. The highest BCUT2D eigenvalue weighted by Crippen LogP contribution is 2.49. The molecule has 3 aliphatic carbocycles. The van der Waals surface area contributed by atoms with E-state index in [1.807, 2.05) is 0 Å². The molecule has 6 rings (SSSR count). The van der Waals surface area contributed by atoms with Crippen LogP contribution in [0.1, 0.15) is 65.6 Å². The lowest BCUT2D eigenvalue weighted by Crippen LogP contribution is -2.51. The summed E-state index contributed by atoms with van der Waals surface area (Å²) in [6.07, 6.45) is 7.09. The zero-order valence-electron chi connectivity index (χ0n) is 21.1. The molecule has 2 amide bonds. The van der Waals surface area contributed by atoms with Crippen LogP contribution in [0.3, 0.4) is 0 Å². The van der Waals surface area contributed by atoms with Crippen molar-refractivity contribution < 1.29 is 23.5 Å². The molecule has 6 nitrogen and oxygen atoms in total. The first-order valence-corrected chi connectivity index (χ1v) is 13.3. The van der Waals surface area contributed by atoms with Gasteiger partial charge in [0.05, 0.1) is 11.3 Å². The van der Waals surface area contributed by atoms with Gasteiger partial charge in [0.2, 0.25) is 11.5 Å². The van der Waals surface area contributed by atoms with Gasteiger partial charge in [-0.05, 0) is 93.0 Å². The highest BCUT2D eigenvalue weighted by atomic mass is 19.1. The molecule has 196 valence electrons. The van der Waals surface area contributed by atoms with E-state index in [0.717, 1.165) is 49.9 Å². The van der Waals surface area contributed by atoms with Gasteiger partial charge in [-0.1, -0.05) is 6.07 Å². The van der Waals surface area contributed by atoms with Crippen molar-refractivity contribution in [2.75, 3.05) is 24.5 Å². The van der Waals surface area contributed by atoms with Crippen LogP contribution >= 0.6 is 0 Å². The molecule has 3 saturated carbocycles. The SMILES string of the molecule is Cc1cc(C(N)=O)cc2c1C(O)(c1c(F)cccc1F)C(=O)N2CC1CC(N(CC2CC2)CC2CC2)C1. The van der Waals surface area contributed by atoms with E-state index >= 15 is 0 Å². The van der Waals surface area contributed by atoms with Gasteiger partial charge in [-0.2, -0.15) is 0 Å². The molecule has 1 atom stereocenters. The number of carbonyl (C=O) groups is 2. The molecule has 3 fully saturated rings. The summed E-state index contributed by atoms with van der Waals surface area (Å²) in [6.45, 7) is 4.21. The maximum absolute atomic E-state index is 14.9. The quantitative estimate of drug-likeness (QED) is 0.538. The van der Waals surface area contributed by atoms with Gasteiger partial charge in [0.1, 0.15) is 11.6 Å². The molecule has 3 N–H and O–H groups in total. The molecule has 4 aliphatic rings. The highest BCUT2D eigenvalue weighted by Gasteiger charge is 2.55. The average Bonchev–Trinajstić information content (AvgIpc) is 3.74. The fourth-order valence-corrected chi connectivity index (χ4v) is 6.31. The summed E-state index contributed by atoms with van der Waals surface area (Å²) in [5.74, 6) is -1.66. The van der Waals surface area contributed by atoms with Gasteiger partial charge in [0.15, 0.2) is 0 Å². The third kappa shape index (κ3) is 4.24. The molecular formula is C29H33F2N3O3. The Kier molecular flexibility index (Phi) is 5.88. The molecule has 0 spiro atoms. The molecule has 0 aromatic heterocycles. The number of hydrogen-bond acceptors (Lipinski definition) is 4. The maximum Gasteiger partial charge on any atom is 0.268 e. The minimum atomic E-state index is -2.53. The van der Waals surface area contributed by atoms with Crippen molar-refractivity contribution in [3.63, 3.8) is 0 Å². The highest BCUT2D eigenvalue weighted by molar-refractivity contribution is 6.11. The third-order valence-electron chi connectivity index (χ3n) is 8.68. The first-order valence-electron chi connectivity index (χ1n) is 13.3. The van der Waals surface area contributed by atoms with Crippen LogP contribution < -0.4 is 10.6 Å². The van der Waals surface area contributed by atoms with Crippen molar-refractivity contribution in [3.8, 4) is 0 Å². The number of nitrogens with two attached hydrogens (primary N) is 1. The second-order valence-corrected chi connectivity index (χ2v) is 11.6. The number of rotatable bonds is 9. The van der Waals surface area contributed by atoms with Crippen LogP contribution in [0.25, 0.3) is 0 Å². The normalized spacial score (nSPS) is 26.9. The van der Waals surface area contributed by atoms with Crippen molar-refractivity contribution in [2.24, 2.45) is 23.5 Å². The van der Waals surface area contributed by atoms with Crippen LogP contribution in [0, 0.1) is 36.3 Å². The van der Waals surface area contributed by atoms with Crippen LogP contribution in [0.5, 0.6) is 0 Å². The van der Waals surface area contributed by atoms with E-state index in [2.05, 4.69) is 4.90 Å². The number of aliphatic hydroxyl groups is 1. The lowest BCUT2D eigenvalue weighted by molar-refractivity contribution is -0.133. The molecule has 1 heterocycles. The van der Waals surface area contributed by atoms with Crippen molar-refractivity contribution >= 4 is 17.5 Å². The van der Waals surface area contributed by atoms with Crippen LogP contribution in [-0.4, -0.2) is 47.5 Å². The smallest absolute Gasteiger partial charge is 0.268 e. The van der Waals surface area contributed by atoms with Crippen LogP contribution in [0.15, 0.2) is 30.3 Å². The molecule has 2 aromatic rings. The minimum Gasteiger partial charge on any atom is -0.371 e. The molecule has 0 saturated heterocycles. The van der Waals surface area contributed by atoms with Crippen LogP contribution in [0.2, 0.25) is 0 Å². The molecule has 1 aliphatic heterocycles. The standard InChI is InChI=1S/C29H33F2N3O3/c1-16-9-20(27(32)35)12-24-25(16)29(37,26-22(30)3-2-4-23(26)31)28(36)34(24)15-19-10-21(11-19)33(13-17-5-6-17)14-18-7-8-18/h2-4,9,12,17-19,21,37H,5-8,10-11,13-15H2,1H3,(H2,32,35). The van der Waals surface area contributed by atoms with E-state index in [1.165, 1.54) is 48.8 Å². The second kappa shape index (κ2) is 8.88. The summed E-state index contributed by atoms with van der Waals surface area (Å²) in [7, 11) is 0. The summed E-state index contributed by atoms with van der Waals surface area (Å²) >= 11 is 0. The fourth-order valence-electron chi connectivity index (χ4n) is 6.31. The minimum absolute atomic E-state index is 0.103. The van der Waals surface area contributed by atoms with Gasteiger partial charge in [0, 0.05) is 36.8 Å². The largest absolute Gasteiger partial charge is 0.371 e. The number of hydrogen-bond donors (Lipinski definition) is 2. The van der Waals surface area contributed by atoms with Crippen molar-refractivity contribution in [2.45, 2.75) is 57.1 Å². The van der Waals surface area contributed by atoms with E-state index in [0.29, 0.717) is 23.8 Å². The monoisotopic (exact) mass is 509 g/mol. The first kappa shape index (κ1) is 24.5. The van der Waals surface area contributed by atoms with E-state index in [9.17, 15) is 23.5 Å². The van der Waals surface area contributed by atoms with Gasteiger partial charge in [-0.15, -0.1) is 0 Å². The van der Waals surface area contributed by atoms with Gasteiger partial charge >= 0.3 is 0 Å². The Morgan fingerprint density at radius 2 is 1.65 bits per heavy atom. The Balaban J connectivity index is 1.30. The summed E-state index contributed by atoms with van der Waals surface area (Å²) in [6, 6.07) is 6.65. The predicted octanol–water partition coefficient (Wildman–Crippen LogP) is 3.86. The van der Waals surface area contributed by atoms with Gasteiger partial charge in [-0.25, -0.2) is 8.78 Å². The third-order valence-corrected chi connectivity index (χ3v) is 8.68. The second-order valence-electron chi connectivity index (χ2n) is 11.6. The van der Waals surface area contributed by atoms with E-state index in [1.54, 1.807) is 6.92 Å². The average molecular weight is 510 g/mol. The van der Waals surface area contributed by atoms with Crippen molar-refractivity contribution in [1.29, 1.82) is 0 Å². The lowest BCUT2D eigenvalue weighted by Gasteiger charge is -2.44. The van der Waals surface area contributed by atoms with E-state index in [-0.39, 0.29) is 17.0 Å². The topological polar surface area (TPSA) is 86.9 Å². The predicted molar refractivity (Wildman–Crippen MR) is 135 cm³/mol. The number of halogens is 2. The maximum atomic E-state index is 14.9. The molecule has 1 unspecified atom stereocenters. The van der Waals surface area contributed by atoms with E-state index < -0.39 is 34.6 Å². The van der Waals surface area contributed by atoms with E-state index in [4.69, 9.17) is 5.73 Å². The molecule has 2 aromatic carbocycles. The van der Waals surface area contributed by atoms with Crippen molar-refractivity contribution in [1.82, 2.24) is 4.90 Å². The summed E-state index contributed by atoms with van der Waals surface area (Å²) in [4.78, 5) is 29.9. The Bertz CT molecular complexity index is 1240. The summed E-state index contributed by atoms with van der Waals surface area (Å²) in [5, 5.41) is 11.8. The van der Waals surface area contributed by atoms with Crippen LogP contribution in [0.4, 0.5) is 14.5 Å². The zero-order chi connectivity index (χ0) is 26.1. The summed E-state index contributed by atoms with van der Waals surface area (Å²) < 4.78 is 29.9. The van der Waals surface area contributed by atoms with Gasteiger partial charge in [-0.3, -0.25) is 14.5 Å². The number of aryl methyl sites for hydroxylation is 1. The Morgan fingerprint density at radius 1 is 1.05 bits per heavy atom. The first-order chi connectivity index (χ1) is 17.7. The Morgan fingerprint density at radius 3 is 2.19 bits per heavy atom. The molecular weight excluding hydrogens is 476 g/mol. The number of fused-ring (bicyclic) bond motifs is 1. The molecule has 0 radical (unpaired) electrons.